The Kier molecular flexibility index (Phi) is 4.46. The number of benzene rings is 2. The standard InChI is InChI=1S/C17H19F2NO/c1-10-5-6-17(21-4)13(7-10)12(3)20-16-9-14(18)11(2)8-15(16)19/h5-9,12,20H,1-4H3. The monoisotopic (exact) mass is 291 g/mol. The Bertz CT molecular complexity index is 655. The Hall–Kier alpha value is -2.10. The first-order chi connectivity index (χ1) is 9.92. The highest BCUT2D eigenvalue weighted by Crippen LogP contribution is 2.30. The number of aryl methyl sites for hydroxylation is 2. The Morgan fingerprint density at radius 2 is 1.76 bits per heavy atom. The van der Waals surface area contributed by atoms with Crippen molar-refractivity contribution in [3.05, 3.63) is 58.7 Å². The molecular formula is C17H19F2NO. The van der Waals surface area contributed by atoms with Crippen LogP contribution in [0.25, 0.3) is 0 Å². The molecule has 0 aliphatic rings. The minimum atomic E-state index is -0.465. The molecule has 0 bridgehead atoms. The summed E-state index contributed by atoms with van der Waals surface area (Å²) in [6.07, 6.45) is 0. The van der Waals surface area contributed by atoms with Crippen LogP contribution in [0.5, 0.6) is 5.75 Å². The van der Waals surface area contributed by atoms with E-state index in [1.54, 1.807) is 7.11 Å². The molecule has 0 fully saturated rings. The highest BCUT2D eigenvalue weighted by molar-refractivity contribution is 5.50. The topological polar surface area (TPSA) is 21.3 Å². The van der Waals surface area contributed by atoms with Crippen LogP contribution in [0, 0.1) is 25.5 Å². The SMILES string of the molecule is COc1ccc(C)cc1C(C)Nc1cc(F)c(C)cc1F. The summed E-state index contributed by atoms with van der Waals surface area (Å²) < 4.78 is 32.8. The van der Waals surface area contributed by atoms with Crippen LogP contribution in [0.15, 0.2) is 30.3 Å². The molecule has 0 aliphatic carbocycles. The van der Waals surface area contributed by atoms with Gasteiger partial charge in [0.15, 0.2) is 0 Å². The van der Waals surface area contributed by atoms with Gasteiger partial charge >= 0.3 is 0 Å². The Balaban J connectivity index is 2.32. The van der Waals surface area contributed by atoms with Crippen molar-refractivity contribution in [2.45, 2.75) is 26.8 Å². The number of halogens is 2. The lowest BCUT2D eigenvalue weighted by Crippen LogP contribution is -2.10. The summed E-state index contributed by atoms with van der Waals surface area (Å²) in [4.78, 5) is 0. The number of rotatable bonds is 4. The number of nitrogens with one attached hydrogen (secondary N) is 1. The highest BCUT2D eigenvalue weighted by atomic mass is 19.1. The summed E-state index contributed by atoms with van der Waals surface area (Å²) in [5.41, 5.74) is 2.42. The fraction of sp³-hybridized carbons (Fsp3) is 0.294. The summed E-state index contributed by atoms with van der Waals surface area (Å²) in [7, 11) is 1.59. The van der Waals surface area contributed by atoms with Crippen LogP contribution in [0.4, 0.5) is 14.5 Å². The molecule has 0 heterocycles. The lowest BCUT2D eigenvalue weighted by Gasteiger charge is -2.19. The predicted octanol–water partition coefficient (Wildman–Crippen LogP) is 4.76. The van der Waals surface area contributed by atoms with Gasteiger partial charge in [0.2, 0.25) is 0 Å². The summed E-state index contributed by atoms with van der Waals surface area (Å²) in [5, 5.41) is 3.00. The van der Waals surface area contributed by atoms with Gasteiger partial charge in [0, 0.05) is 11.6 Å². The van der Waals surface area contributed by atoms with Gasteiger partial charge in [-0.15, -0.1) is 0 Å². The van der Waals surface area contributed by atoms with Crippen LogP contribution >= 0.6 is 0 Å². The fourth-order valence-corrected chi connectivity index (χ4v) is 2.26. The van der Waals surface area contributed by atoms with Crippen molar-refractivity contribution in [2.24, 2.45) is 0 Å². The van der Waals surface area contributed by atoms with Crippen molar-refractivity contribution in [2.75, 3.05) is 12.4 Å². The third-order valence-electron chi connectivity index (χ3n) is 3.47. The third-order valence-corrected chi connectivity index (χ3v) is 3.47. The van der Waals surface area contributed by atoms with Gasteiger partial charge in [-0.25, -0.2) is 8.78 Å². The average Bonchev–Trinajstić information content (AvgIpc) is 2.44. The maximum absolute atomic E-state index is 13.9. The van der Waals surface area contributed by atoms with E-state index in [0.717, 1.165) is 11.1 Å². The second kappa shape index (κ2) is 6.12. The highest BCUT2D eigenvalue weighted by Gasteiger charge is 2.14. The molecule has 2 rings (SSSR count). The fourth-order valence-electron chi connectivity index (χ4n) is 2.26. The summed E-state index contributed by atoms with van der Waals surface area (Å²) in [6.45, 7) is 5.39. The van der Waals surface area contributed by atoms with Crippen molar-refractivity contribution in [3.8, 4) is 5.75 Å². The molecule has 2 nitrogen and oxygen atoms in total. The summed E-state index contributed by atoms with van der Waals surface area (Å²) in [6, 6.07) is 7.95. The normalized spacial score (nSPS) is 12.1. The van der Waals surface area contributed by atoms with E-state index in [9.17, 15) is 8.78 Å². The molecule has 2 aromatic carbocycles. The lowest BCUT2D eigenvalue weighted by molar-refractivity contribution is 0.407. The van der Waals surface area contributed by atoms with E-state index < -0.39 is 11.6 Å². The quantitative estimate of drug-likeness (QED) is 0.876. The molecule has 0 amide bonds. The molecular weight excluding hydrogens is 272 g/mol. The van der Waals surface area contributed by atoms with Crippen molar-refractivity contribution < 1.29 is 13.5 Å². The van der Waals surface area contributed by atoms with E-state index >= 15 is 0 Å². The Labute approximate surface area is 123 Å². The molecule has 1 atom stereocenters. The molecule has 0 radical (unpaired) electrons. The predicted molar refractivity (Wildman–Crippen MR) is 80.9 cm³/mol. The number of ether oxygens (including phenoxy) is 1. The van der Waals surface area contributed by atoms with Gasteiger partial charge in [0.1, 0.15) is 17.4 Å². The largest absolute Gasteiger partial charge is 0.496 e. The molecule has 1 unspecified atom stereocenters. The van der Waals surface area contributed by atoms with Crippen LogP contribution < -0.4 is 10.1 Å². The van der Waals surface area contributed by atoms with Gasteiger partial charge in [-0.3, -0.25) is 0 Å². The Morgan fingerprint density at radius 3 is 2.43 bits per heavy atom. The smallest absolute Gasteiger partial charge is 0.146 e. The maximum atomic E-state index is 13.9. The van der Waals surface area contributed by atoms with Gasteiger partial charge in [0.25, 0.3) is 0 Å². The van der Waals surface area contributed by atoms with Crippen molar-refractivity contribution >= 4 is 5.69 Å². The average molecular weight is 291 g/mol. The third kappa shape index (κ3) is 3.32. The van der Waals surface area contributed by atoms with Crippen LogP contribution in [0.1, 0.15) is 29.7 Å². The number of hydrogen-bond donors (Lipinski definition) is 1. The maximum Gasteiger partial charge on any atom is 0.146 e. The van der Waals surface area contributed by atoms with Gasteiger partial charge < -0.3 is 10.1 Å². The zero-order valence-electron chi connectivity index (χ0n) is 12.6. The molecule has 0 aliphatic heterocycles. The first kappa shape index (κ1) is 15.3. The minimum absolute atomic E-state index is 0.147. The van der Waals surface area contributed by atoms with Crippen LogP contribution in [0.2, 0.25) is 0 Å². The molecule has 112 valence electrons. The molecule has 0 saturated heterocycles. The van der Waals surface area contributed by atoms with E-state index in [1.807, 2.05) is 32.0 Å². The van der Waals surface area contributed by atoms with Crippen molar-refractivity contribution in [1.82, 2.24) is 0 Å². The lowest BCUT2D eigenvalue weighted by atomic mass is 10.0. The van der Waals surface area contributed by atoms with E-state index in [-0.39, 0.29) is 11.7 Å². The molecule has 21 heavy (non-hydrogen) atoms. The molecule has 0 spiro atoms. The van der Waals surface area contributed by atoms with E-state index in [1.165, 1.54) is 19.1 Å². The van der Waals surface area contributed by atoms with Gasteiger partial charge in [-0.05, 0) is 38.5 Å². The molecule has 1 N–H and O–H groups in total. The zero-order chi connectivity index (χ0) is 15.6. The van der Waals surface area contributed by atoms with Crippen molar-refractivity contribution in [1.29, 1.82) is 0 Å². The van der Waals surface area contributed by atoms with E-state index in [4.69, 9.17) is 4.74 Å². The van der Waals surface area contributed by atoms with E-state index in [0.29, 0.717) is 11.3 Å². The second-order valence-electron chi connectivity index (χ2n) is 5.19. The molecule has 2 aromatic rings. The molecule has 4 heteroatoms. The molecule has 0 aromatic heterocycles. The minimum Gasteiger partial charge on any atom is -0.496 e. The second-order valence-corrected chi connectivity index (χ2v) is 5.19. The molecule has 0 saturated carbocycles. The van der Waals surface area contributed by atoms with Crippen molar-refractivity contribution in [3.63, 3.8) is 0 Å². The summed E-state index contributed by atoms with van der Waals surface area (Å²) in [5.74, 6) is -0.178. The number of hydrogen-bond acceptors (Lipinski definition) is 2. The van der Waals surface area contributed by atoms with Crippen LogP contribution in [0.3, 0.4) is 0 Å². The van der Waals surface area contributed by atoms with E-state index in [2.05, 4.69) is 5.32 Å². The number of anilines is 1. The zero-order valence-corrected chi connectivity index (χ0v) is 12.6. The first-order valence-corrected chi connectivity index (χ1v) is 6.79. The van der Waals surface area contributed by atoms with Gasteiger partial charge in [0.05, 0.1) is 18.8 Å². The van der Waals surface area contributed by atoms with Crippen LogP contribution in [-0.4, -0.2) is 7.11 Å². The Morgan fingerprint density at radius 1 is 1.05 bits per heavy atom. The van der Waals surface area contributed by atoms with Gasteiger partial charge in [-0.1, -0.05) is 17.7 Å². The first-order valence-electron chi connectivity index (χ1n) is 6.79. The summed E-state index contributed by atoms with van der Waals surface area (Å²) >= 11 is 0. The number of methoxy groups -OCH3 is 1. The van der Waals surface area contributed by atoms with Crippen LogP contribution in [-0.2, 0) is 0 Å². The van der Waals surface area contributed by atoms with Gasteiger partial charge in [-0.2, -0.15) is 0 Å².